The van der Waals surface area contributed by atoms with Gasteiger partial charge in [-0.05, 0) is 31.4 Å². The normalized spacial score (nSPS) is 15.1. The molecular weight excluding hydrogens is 234 g/mol. The summed E-state index contributed by atoms with van der Waals surface area (Å²) in [6.45, 7) is 9.67. The third kappa shape index (κ3) is 2.81. The molecule has 2 rings (SSSR count). The second kappa shape index (κ2) is 5.33. The number of nitrogens with zero attached hydrogens (tertiary/aromatic N) is 2. The molecule has 0 amide bonds. The van der Waals surface area contributed by atoms with E-state index in [2.05, 4.69) is 50.5 Å². The van der Waals surface area contributed by atoms with Crippen molar-refractivity contribution in [1.82, 2.24) is 9.55 Å². The minimum atomic E-state index is -0.215. The lowest BCUT2D eigenvalue weighted by atomic mass is 9.86. The van der Waals surface area contributed by atoms with Crippen molar-refractivity contribution in [3.05, 3.63) is 30.1 Å². The molecule has 0 saturated heterocycles. The highest BCUT2D eigenvalue weighted by Crippen LogP contribution is 2.23. The van der Waals surface area contributed by atoms with Gasteiger partial charge in [0, 0.05) is 18.5 Å². The number of nitrogens with two attached hydrogens (primary N) is 1. The van der Waals surface area contributed by atoms with Crippen LogP contribution in [-0.4, -0.2) is 15.1 Å². The van der Waals surface area contributed by atoms with Crippen LogP contribution in [0.15, 0.2) is 24.3 Å². The fourth-order valence-corrected chi connectivity index (χ4v) is 2.28. The van der Waals surface area contributed by atoms with E-state index in [1.807, 2.05) is 6.07 Å². The highest BCUT2D eigenvalue weighted by molar-refractivity contribution is 5.75. The summed E-state index contributed by atoms with van der Waals surface area (Å²) in [5.41, 5.74) is 8.51. The Morgan fingerprint density at radius 3 is 2.63 bits per heavy atom. The van der Waals surface area contributed by atoms with Gasteiger partial charge in [0.25, 0.3) is 0 Å². The summed E-state index contributed by atoms with van der Waals surface area (Å²) in [5, 5.41) is 0. The van der Waals surface area contributed by atoms with Gasteiger partial charge in [0.15, 0.2) is 0 Å². The lowest BCUT2D eigenvalue weighted by Gasteiger charge is -2.29. The minimum Gasteiger partial charge on any atom is -0.328 e. The number of para-hydroxylation sites is 2. The Morgan fingerprint density at radius 1 is 1.32 bits per heavy atom. The van der Waals surface area contributed by atoms with E-state index < -0.39 is 0 Å². The minimum absolute atomic E-state index is 0.215. The van der Waals surface area contributed by atoms with Gasteiger partial charge < -0.3 is 10.3 Å². The molecule has 0 aliphatic rings. The lowest BCUT2D eigenvalue weighted by molar-refractivity contribution is 0.328. The van der Waals surface area contributed by atoms with Crippen LogP contribution in [0.25, 0.3) is 11.0 Å². The molecule has 3 nitrogen and oxygen atoms in total. The third-order valence-electron chi connectivity index (χ3n) is 4.04. The first-order valence-electron chi connectivity index (χ1n) is 7.18. The van der Waals surface area contributed by atoms with E-state index in [4.69, 9.17) is 10.7 Å². The Hall–Kier alpha value is -1.35. The first kappa shape index (κ1) is 14.1. The van der Waals surface area contributed by atoms with E-state index >= 15 is 0 Å². The maximum Gasteiger partial charge on any atom is 0.111 e. The SMILES string of the molecule is CCCn1c(CC(C)(N)C(C)C)nc2ccccc21. The molecule has 1 aromatic heterocycles. The number of rotatable bonds is 5. The Kier molecular flexibility index (Phi) is 3.95. The summed E-state index contributed by atoms with van der Waals surface area (Å²) in [6, 6.07) is 8.34. The second-order valence-electron chi connectivity index (χ2n) is 6.01. The van der Waals surface area contributed by atoms with Crippen LogP contribution >= 0.6 is 0 Å². The van der Waals surface area contributed by atoms with E-state index in [1.54, 1.807) is 0 Å². The van der Waals surface area contributed by atoms with Crippen LogP contribution in [0, 0.1) is 5.92 Å². The van der Waals surface area contributed by atoms with Crippen LogP contribution in [0.4, 0.5) is 0 Å². The maximum absolute atomic E-state index is 6.43. The van der Waals surface area contributed by atoms with Crippen LogP contribution in [-0.2, 0) is 13.0 Å². The summed E-state index contributed by atoms with van der Waals surface area (Å²) in [6.07, 6.45) is 1.93. The van der Waals surface area contributed by atoms with E-state index in [0.29, 0.717) is 5.92 Å². The summed E-state index contributed by atoms with van der Waals surface area (Å²) >= 11 is 0. The number of hydrogen-bond donors (Lipinski definition) is 1. The summed E-state index contributed by atoms with van der Waals surface area (Å²) in [4.78, 5) is 4.78. The number of aromatic nitrogens is 2. The van der Waals surface area contributed by atoms with Gasteiger partial charge in [-0.3, -0.25) is 0 Å². The number of benzene rings is 1. The maximum atomic E-state index is 6.43. The van der Waals surface area contributed by atoms with Crippen molar-refractivity contribution >= 4 is 11.0 Å². The Balaban J connectivity index is 2.44. The molecule has 0 aliphatic heterocycles. The van der Waals surface area contributed by atoms with Crippen LogP contribution < -0.4 is 5.73 Å². The molecule has 2 N–H and O–H groups in total. The van der Waals surface area contributed by atoms with E-state index in [0.717, 1.165) is 30.7 Å². The van der Waals surface area contributed by atoms with Gasteiger partial charge in [-0.15, -0.1) is 0 Å². The average molecular weight is 259 g/mol. The van der Waals surface area contributed by atoms with E-state index in [1.165, 1.54) is 5.52 Å². The number of fused-ring (bicyclic) bond motifs is 1. The van der Waals surface area contributed by atoms with Crippen LogP contribution in [0.3, 0.4) is 0 Å². The summed E-state index contributed by atoms with van der Waals surface area (Å²) in [7, 11) is 0. The molecule has 19 heavy (non-hydrogen) atoms. The van der Waals surface area contributed by atoms with Gasteiger partial charge >= 0.3 is 0 Å². The van der Waals surface area contributed by atoms with Gasteiger partial charge in [-0.2, -0.15) is 0 Å². The zero-order valence-corrected chi connectivity index (χ0v) is 12.5. The molecule has 2 aromatic rings. The first-order chi connectivity index (χ1) is 8.95. The fraction of sp³-hybridized carbons (Fsp3) is 0.562. The summed E-state index contributed by atoms with van der Waals surface area (Å²) in [5.74, 6) is 1.55. The third-order valence-corrected chi connectivity index (χ3v) is 4.04. The molecule has 0 spiro atoms. The highest BCUT2D eigenvalue weighted by atomic mass is 15.1. The van der Waals surface area contributed by atoms with Crippen molar-refractivity contribution in [2.45, 2.75) is 52.6 Å². The molecule has 1 heterocycles. The lowest BCUT2D eigenvalue weighted by Crippen LogP contribution is -2.44. The van der Waals surface area contributed by atoms with E-state index in [-0.39, 0.29) is 5.54 Å². The van der Waals surface area contributed by atoms with E-state index in [9.17, 15) is 0 Å². The zero-order valence-electron chi connectivity index (χ0n) is 12.5. The van der Waals surface area contributed by atoms with Crippen LogP contribution in [0.2, 0.25) is 0 Å². The molecule has 0 radical (unpaired) electrons. The molecule has 1 atom stereocenters. The first-order valence-corrected chi connectivity index (χ1v) is 7.18. The standard InChI is InChI=1S/C16H25N3/c1-5-10-19-14-9-7-6-8-13(14)18-15(19)11-16(4,17)12(2)3/h6-9,12H,5,10-11,17H2,1-4H3. The number of imidazole rings is 1. The molecule has 0 saturated carbocycles. The van der Waals surface area contributed by atoms with Gasteiger partial charge in [0.2, 0.25) is 0 Å². The predicted molar refractivity (Wildman–Crippen MR) is 81.2 cm³/mol. The fourth-order valence-electron chi connectivity index (χ4n) is 2.28. The highest BCUT2D eigenvalue weighted by Gasteiger charge is 2.26. The molecule has 0 aliphatic carbocycles. The molecule has 0 bridgehead atoms. The number of aryl methyl sites for hydroxylation is 1. The van der Waals surface area contributed by atoms with Crippen molar-refractivity contribution in [2.24, 2.45) is 11.7 Å². The zero-order chi connectivity index (χ0) is 14.0. The van der Waals surface area contributed by atoms with Crippen molar-refractivity contribution < 1.29 is 0 Å². The van der Waals surface area contributed by atoms with Gasteiger partial charge in [-0.1, -0.05) is 32.9 Å². The second-order valence-corrected chi connectivity index (χ2v) is 6.01. The van der Waals surface area contributed by atoms with Crippen molar-refractivity contribution in [3.8, 4) is 0 Å². The van der Waals surface area contributed by atoms with Gasteiger partial charge in [-0.25, -0.2) is 4.98 Å². The van der Waals surface area contributed by atoms with Crippen molar-refractivity contribution in [1.29, 1.82) is 0 Å². The molecule has 0 fully saturated rings. The molecule has 1 aromatic carbocycles. The topological polar surface area (TPSA) is 43.8 Å². The van der Waals surface area contributed by atoms with Crippen LogP contribution in [0.5, 0.6) is 0 Å². The van der Waals surface area contributed by atoms with Crippen molar-refractivity contribution in [2.75, 3.05) is 0 Å². The molecule has 1 unspecified atom stereocenters. The smallest absolute Gasteiger partial charge is 0.111 e. The predicted octanol–water partition coefficient (Wildman–Crippen LogP) is 3.36. The monoisotopic (exact) mass is 259 g/mol. The molecule has 3 heteroatoms. The average Bonchev–Trinajstić information content (AvgIpc) is 2.67. The largest absolute Gasteiger partial charge is 0.328 e. The van der Waals surface area contributed by atoms with Crippen LogP contribution in [0.1, 0.15) is 39.9 Å². The quantitative estimate of drug-likeness (QED) is 0.894. The van der Waals surface area contributed by atoms with Crippen molar-refractivity contribution in [3.63, 3.8) is 0 Å². The Bertz CT molecular complexity index is 552. The Morgan fingerprint density at radius 2 is 2.00 bits per heavy atom. The molecule has 104 valence electrons. The van der Waals surface area contributed by atoms with Gasteiger partial charge in [0.1, 0.15) is 5.82 Å². The Labute approximate surface area is 115 Å². The summed E-state index contributed by atoms with van der Waals surface area (Å²) < 4.78 is 2.32. The molecular formula is C16H25N3. The number of hydrogen-bond acceptors (Lipinski definition) is 2. The van der Waals surface area contributed by atoms with Gasteiger partial charge in [0.05, 0.1) is 11.0 Å².